The van der Waals surface area contributed by atoms with Crippen molar-refractivity contribution in [3.05, 3.63) is 57.8 Å². The quantitative estimate of drug-likeness (QED) is 0.929. The SMILES string of the molecule is Cc1cccc(C(c2cccs2)N2CCC(C(=O)O)CC2)c1. The molecule has 1 aliphatic heterocycles. The number of carbonyl (C=O) groups is 1. The molecule has 2 heterocycles. The van der Waals surface area contributed by atoms with Gasteiger partial charge in [0, 0.05) is 4.88 Å². The van der Waals surface area contributed by atoms with Crippen molar-refractivity contribution in [3.63, 3.8) is 0 Å². The van der Waals surface area contributed by atoms with E-state index in [1.807, 2.05) is 0 Å². The molecule has 1 aromatic carbocycles. The van der Waals surface area contributed by atoms with Crippen LogP contribution in [0.1, 0.15) is 34.9 Å². The van der Waals surface area contributed by atoms with Crippen molar-refractivity contribution in [2.75, 3.05) is 13.1 Å². The summed E-state index contributed by atoms with van der Waals surface area (Å²) in [6, 6.07) is 13.2. The summed E-state index contributed by atoms with van der Waals surface area (Å²) >= 11 is 1.77. The Kier molecular flexibility index (Phi) is 4.60. The summed E-state index contributed by atoms with van der Waals surface area (Å²) in [7, 11) is 0. The van der Waals surface area contributed by atoms with Crippen LogP contribution in [0, 0.1) is 12.8 Å². The molecule has 3 rings (SSSR count). The summed E-state index contributed by atoms with van der Waals surface area (Å²) < 4.78 is 0. The third kappa shape index (κ3) is 3.23. The standard InChI is InChI=1S/C18H21NO2S/c1-13-4-2-5-15(12-13)17(16-6-3-11-22-16)19-9-7-14(8-10-19)18(20)21/h2-6,11-12,14,17H,7-10H2,1H3,(H,20,21). The maximum Gasteiger partial charge on any atom is 0.306 e. The minimum absolute atomic E-state index is 0.183. The first kappa shape index (κ1) is 15.3. The largest absolute Gasteiger partial charge is 0.481 e. The van der Waals surface area contributed by atoms with Crippen molar-refractivity contribution in [2.45, 2.75) is 25.8 Å². The first-order valence-corrected chi connectivity index (χ1v) is 8.60. The van der Waals surface area contributed by atoms with Crippen LogP contribution in [-0.2, 0) is 4.79 Å². The number of thiophene rings is 1. The molecule has 0 spiro atoms. The third-order valence-corrected chi connectivity index (χ3v) is 5.34. The number of hydrogen-bond acceptors (Lipinski definition) is 3. The summed E-state index contributed by atoms with van der Waals surface area (Å²) in [5, 5.41) is 11.3. The van der Waals surface area contributed by atoms with Crippen LogP contribution in [0.4, 0.5) is 0 Å². The lowest BCUT2D eigenvalue weighted by Gasteiger charge is -2.36. The Labute approximate surface area is 135 Å². The van der Waals surface area contributed by atoms with Crippen LogP contribution in [0.5, 0.6) is 0 Å². The van der Waals surface area contributed by atoms with Crippen LogP contribution in [0.3, 0.4) is 0 Å². The lowest BCUT2D eigenvalue weighted by molar-refractivity contribution is -0.143. The molecule has 0 aliphatic carbocycles. The Morgan fingerprint density at radius 1 is 1.27 bits per heavy atom. The molecule has 116 valence electrons. The normalized spacial score (nSPS) is 18.2. The van der Waals surface area contributed by atoms with Gasteiger partial charge in [-0.1, -0.05) is 35.9 Å². The molecule has 4 heteroatoms. The number of rotatable bonds is 4. The summed E-state index contributed by atoms with van der Waals surface area (Å²) in [6.45, 7) is 3.80. The average molecular weight is 315 g/mol. The van der Waals surface area contributed by atoms with Crippen molar-refractivity contribution in [2.24, 2.45) is 5.92 Å². The molecule has 0 radical (unpaired) electrons. The van der Waals surface area contributed by atoms with Gasteiger partial charge >= 0.3 is 5.97 Å². The molecule has 0 amide bonds. The number of likely N-dealkylation sites (tertiary alicyclic amines) is 1. The third-order valence-electron chi connectivity index (χ3n) is 4.41. The summed E-state index contributed by atoms with van der Waals surface area (Å²) in [6.07, 6.45) is 1.48. The second kappa shape index (κ2) is 6.63. The number of aryl methyl sites for hydroxylation is 1. The van der Waals surface area contributed by atoms with E-state index in [0.29, 0.717) is 0 Å². The zero-order valence-electron chi connectivity index (χ0n) is 12.7. The van der Waals surface area contributed by atoms with E-state index in [1.165, 1.54) is 16.0 Å². The molecule has 22 heavy (non-hydrogen) atoms. The van der Waals surface area contributed by atoms with Gasteiger partial charge in [0.25, 0.3) is 0 Å². The van der Waals surface area contributed by atoms with E-state index in [0.717, 1.165) is 25.9 Å². The molecule has 2 aromatic rings. The molecule has 0 saturated carbocycles. The Bertz CT molecular complexity index is 630. The molecule has 3 nitrogen and oxygen atoms in total. The van der Waals surface area contributed by atoms with Crippen molar-refractivity contribution in [3.8, 4) is 0 Å². The fourth-order valence-electron chi connectivity index (χ4n) is 3.25. The number of nitrogens with zero attached hydrogens (tertiary/aromatic N) is 1. The van der Waals surface area contributed by atoms with E-state index in [2.05, 4.69) is 53.6 Å². The number of carboxylic acid groups (broad SMARTS) is 1. The maximum absolute atomic E-state index is 11.2. The second-order valence-corrected chi connectivity index (χ2v) is 6.96. The number of carboxylic acids is 1. The highest BCUT2D eigenvalue weighted by molar-refractivity contribution is 7.10. The van der Waals surface area contributed by atoms with Crippen LogP contribution < -0.4 is 0 Å². The average Bonchev–Trinajstić information content (AvgIpc) is 3.02. The second-order valence-electron chi connectivity index (χ2n) is 5.98. The van der Waals surface area contributed by atoms with E-state index in [-0.39, 0.29) is 12.0 Å². The van der Waals surface area contributed by atoms with Crippen LogP contribution in [0.15, 0.2) is 41.8 Å². The zero-order valence-corrected chi connectivity index (χ0v) is 13.6. The van der Waals surface area contributed by atoms with Crippen LogP contribution in [0.25, 0.3) is 0 Å². The van der Waals surface area contributed by atoms with Gasteiger partial charge in [0.1, 0.15) is 0 Å². The topological polar surface area (TPSA) is 40.5 Å². The lowest BCUT2D eigenvalue weighted by Crippen LogP contribution is -2.39. The highest BCUT2D eigenvalue weighted by Crippen LogP contribution is 2.35. The fraction of sp³-hybridized carbons (Fsp3) is 0.389. The van der Waals surface area contributed by atoms with Crippen molar-refractivity contribution < 1.29 is 9.90 Å². The predicted octanol–water partition coefficient (Wildman–Crippen LogP) is 3.94. The molecular formula is C18H21NO2S. The number of benzene rings is 1. The van der Waals surface area contributed by atoms with Gasteiger partial charge in [0.15, 0.2) is 0 Å². The van der Waals surface area contributed by atoms with E-state index in [1.54, 1.807) is 11.3 Å². The Morgan fingerprint density at radius 3 is 2.64 bits per heavy atom. The molecule has 1 unspecified atom stereocenters. The van der Waals surface area contributed by atoms with Crippen molar-refractivity contribution in [1.29, 1.82) is 0 Å². The summed E-state index contributed by atoms with van der Waals surface area (Å²) in [4.78, 5) is 14.9. The predicted molar refractivity (Wildman–Crippen MR) is 89.3 cm³/mol. The van der Waals surface area contributed by atoms with Gasteiger partial charge in [-0.2, -0.15) is 0 Å². The molecular weight excluding hydrogens is 294 g/mol. The zero-order chi connectivity index (χ0) is 15.5. The first-order chi connectivity index (χ1) is 10.6. The smallest absolute Gasteiger partial charge is 0.306 e. The van der Waals surface area contributed by atoms with E-state index >= 15 is 0 Å². The molecule has 0 bridgehead atoms. The number of hydrogen-bond donors (Lipinski definition) is 1. The van der Waals surface area contributed by atoms with Gasteiger partial charge in [0.05, 0.1) is 12.0 Å². The van der Waals surface area contributed by atoms with E-state index < -0.39 is 5.97 Å². The highest BCUT2D eigenvalue weighted by atomic mass is 32.1. The maximum atomic E-state index is 11.2. The Morgan fingerprint density at radius 2 is 2.05 bits per heavy atom. The summed E-state index contributed by atoms with van der Waals surface area (Å²) in [5.74, 6) is -0.833. The molecule has 1 N–H and O–H groups in total. The fourth-order valence-corrected chi connectivity index (χ4v) is 4.13. The molecule has 1 aromatic heterocycles. The first-order valence-electron chi connectivity index (χ1n) is 7.72. The Balaban J connectivity index is 1.86. The Hall–Kier alpha value is -1.65. The van der Waals surface area contributed by atoms with E-state index in [9.17, 15) is 9.90 Å². The minimum atomic E-state index is -0.650. The number of piperidine rings is 1. The lowest BCUT2D eigenvalue weighted by atomic mass is 9.93. The van der Waals surface area contributed by atoms with Gasteiger partial charge in [-0.05, 0) is 49.9 Å². The van der Waals surface area contributed by atoms with Crippen LogP contribution in [0.2, 0.25) is 0 Å². The molecule has 1 aliphatic rings. The van der Waals surface area contributed by atoms with Gasteiger partial charge in [-0.15, -0.1) is 11.3 Å². The summed E-state index contributed by atoms with van der Waals surface area (Å²) in [5.41, 5.74) is 2.57. The monoisotopic (exact) mass is 315 g/mol. The van der Waals surface area contributed by atoms with Crippen molar-refractivity contribution >= 4 is 17.3 Å². The van der Waals surface area contributed by atoms with Gasteiger partial charge in [-0.25, -0.2) is 0 Å². The highest BCUT2D eigenvalue weighted by Gasteiger charge is 2.30. The van der Waals surface area contributed by atoms with Gasteiger partial charge in [-0.3, -0.25) is 9.69 Å². The molecule has 1 saturated heterocycles. The van der Waals surface area contributed by atoms with Crippen LogP contribution >= 0.6 is 11.3 Å². The van der Waals surface area contributed by atoms with Gasteiger partial charge in [0.2, 0.25) is 0 Å². The number of aliphatic carboxylic acids is 1. The van der Waals surface area contributed by atoms with Gasteiger partial charge < -0.3 is 5.11 Å². The van der Waals surface area contributed by atoms with E-state index in [4.69, 9.17) is 0 Å². The molecule has 1 atom stereocenters. The van der Waals surface area contributed by atoms with Crippen LogP contribution in [-0.4, -0.2) is 29.1 Å². The minimum Gasteiger partial charge on any atom is -0.481 e. The van der Waals surface area contributed by atoms with Crippen molar-refractivity contribution in [1.82, 2.24) is 4.90 Å². The molecule has 1 fully saturated rings.